The van der Waals surface area contributed by atoms with Crippen LogP contribution in [0.1, 0.15) is 18.9 Å². The van der Waals surface area contributed by atoms with E-state index in [1.807, 2.05) is 0 Å². The summed E-state index contributed by atoms with van der Waals surface area (Å²) in [5.41, 5.74) is 6.61. The molecule has 0 fully saturated rings. The second-order valence-corrected chi connectivity index (χ2v) is 5.62. The zero-order valence-electron chi connectivity index (χ0n) is 9.97. The van der Waals surface area contributed by atoms with Gasteiger partial charge in [0.15, 0.2) is 0 Å². The van der Waals surface area contributed by atoms with Crippen molar-refractivity contribution in [3.8, 4) is 0 Å². The van der Waals surface area contributed by atoms with E-state index in [4.69, 9.17) is 5.73 Å². The summed E-state index contributed by atoms with van der Waals surface area (Å²) in [6.45, 7) is 3.44. The predicted octanol–water partition coefficient (Wildman–Crippen LogP) is 0.626. The molecule has 4 N–H and O–H groups in total. The molecular weight excluding hydrogens is 240 g/mol. The quantitative estimate of drug-likeness (QED) is 0.675. The number of rotatable bonds is 5. The van der Waals surface area contributed by atoms with Crippen LogP contribution in [0.15, 0.2) is 23.1 Å². The van der Waals surface area contributed by atoms with E-state index in [9.17, 15) is 13.5 Å². The number of sulfonamides is 1. The van der Waals surface area contributed by atoms with Gasteiger partial charge in [-0.05, 0) is 31.0 Å². The third-order valence-corrected chi connectivity index (χ3v) is 4.16. The Balaban J connectivity index is 2.94. The van der Waals surface area contributed by atoms with Gasteiger partial charge >= 0.3 is 0 Å². The Morgan fingerprint density at radius 1 is 1.47 bits per heavy atom. The van der Waals surface area contributed by atoms with Crippen LogP contribution in [-0.2, 0) is 10.0 Å². The minimum atomic E-state index is -3.61. The van der Waals surface area contributed by atoms with Gasteiger partial charge in [-0.1, -0.05) is 13.0 Å². The van der Waals surface area contributed by atoms with Crippen LogP contribution in [0.3, 0.4) is 0 Å². The number of hydrogen-bond acceptors (Lipinski definition) is 4. The van der Waals surface area contributed by atoms with E-state index >= 15 is 0 Å². The van der Waals surface area contributed by atoms with Gasteiger partial charge in [-0.2, -0.15) is 0 Å². The normalized spacial score (nSPS) is 13.6. The van der Waals surface area contributed by atoms with E-state index in [0.717, 1.165) is 0 Å². The largest absolute Gasteiger partial charge is 0.398 e. The van der Waals surface area contributed by atoms with Crippen molar-refractivity contribution < 1.29 is 13.5 Å². The summed E-state index contributed by atoms with van der Waals surface area (Å²) in [5, 5.41) is 9.34. The molecule has 0 bridgehead atoms. The number of hydrogen-bond donors (Lipinski definition) is 3. The lowest BCUT2D eigenvalue weighted by molar-refractivity contribution is 0.174. The molecule has 0 aliphatic heterocycles. The summed E-state index contributed by atoms with van der Waals surface area (Å²) in [7, 11) is -3.61. The van der Waals surface area contributed by atoms with Gasteiger partial charge in [-0.25, -0.2) is 13.1 Å². The third-order valence-electron chi connectivity index (χ3n) is 2.60. The molecule has 0 spiro atoms. The Hall–Kier alpha value is -1.11. The predicted molar refractivity (Wildman–Crippen MR) is 67.1 cm³/mol. The lowest BCUT2D eigenvalue weighted by Crippen LogP contribution is -2.32. The first kappa shape index (κ1) is 14.0. The molecule has 0 saturated heterocycles. The van der Waals surface area contributed by atoms with Gasteiger partial charge in [-0.15, -0.1) is 0 Å². The molecule has 5 nitrogen and oxygen atoms in total. The van der Waals surface area contributed by atoms with Crippen LogP contribution in [0, 0.1) is 6.92 Å². The SMILES string of the molecule is CCC(O)CNS(=O)(=O)c1cccc(N)c1C. The topological polar surface area (TPSA) is 92.4 Å². The minimum Gasteiger partial charge on any atom is -0.398 e. The van der Waals surface area contributed by atoms with Crippen molar-refractivity contribution in [1.82, 2.24) is 4.72 Å². The molecule has 0 saturated carbocycles. The number of aliphatic hydroxyl groups is 1. The maximum absolute atomic E-state index is 11.9. The summed E-state index contributed by atoms with van der Waals surface area (Å²) in [5.74, 6) is 0. The standard InChI is InChI=1S/C11H18N2O3S/c1-3-9(14)7-13-17(15,16)11-6-4-5-10(12)8(11)2/h4-6,9,13-14H,3,7,12H2,1-2H3. The number of nitrogen functional groups attached to an aromatic ring is 1. The molecule has 0 amide bonds. The van der Waals surface area contributed by atoms with E-state index < -0.39 is 16.1 Å². The van der Waals surface area contributed by atoms with Crippen molar-refractivity contribution in [2.24, 2.45) is 0 Å². The summed E-state index contributed by atoms with van der Waals surface area (Å²) in [6.07, 6.45) is -0.176. The number of aliphatic hydroxyl groups excluding tert-OH is 1. The first-order chi connectivity index (χ1) is 7.88. The molecule has 0 radical (unpaired) electrons. The number of nitrogens with one attached hydrogen (secondary N) is 1. The smallest absolute Gasteiger partial charge is 0.240 e. The fourth-order valence-electron chi connectivity index (χ4n) is 1.35. The Morgan fingerprint density at radius 3 is 2.71 bits per heavy atom. The number of nitrogens with two attached hydrogens (primary N) is 1. The van der Waals surface area contributed by atoms with Crippen LogP contribution in [0.4, 0.5) is 5.69 Å². The Bertz CT molecular complexity index is 485. The zero-order valence-corrected chi connectivity index (χ0v) is 10.8. The highest BCUT2D eigenvalue weighted by atomic mass is 32.2. The molecule has 0 aliphatic carbocycles. The average Bonchev–Trinajstić information content (AvgIpc) is 2.29. The molecular formula is C11H18N2O3S. The van der Waals surface area contributed by atoms with Crippen LogP contribution >= 0.6 is 0 Å². The number of anilines is 1. The van der Waals surface area contributed by atoms with Crippen molar-refractivity contribution in [2.45, 2.75) is 31.3 Å². The summed E-state index contributed by atoms with van der Waals surface area (Å²) in [4.78, 5) is 0.154. The molecule has 0 heterocycles. The van der Waals surface area contributed by atoms with E-state index in [1.165, 1.54) is 6.07 Å². The van der Waals surface area contributed by atoms with E-state index in [1.54, 1.807) is 26.0 Å². The molecule has 1 aromatic rings. The highest BCUT2D eigenvalue weighted by molar-refractivity contribution is 7.89. The van der Waals surface area contributed by atoms with Crippen LogP contribution in [0.5, 0.6) is 0 Å². The second kappa shape index (κ2) is 5.48. The highest BCUT2D eigenvalue weighted by Gasteiger charge is 2.18. The molecule has 1 unspecified atom stereocenters. The van der Waals surface area contributed by atoms with Crippen LogP contribution < -0.4 is 10.5 Å². The van der Waals surface area contributed by atoms with Gasteiger partial charge in [0.2, 0.25) is 10.0 Å². The lowest BCUT2D eigenvalue weighted by Gasteiger charge is -2.12. The maximum Gasteiger partial charge on any atom is 0.240 e. The zero-order chi connectivity index (χ0) is 13.1. The van der Waals surface area contributed by atoms with Gasteiger partial charge in [-0.3, -0.25) is 0 Å². The van der Waals surface area contributed by atoms with E-state index in [0.29, 0.717) is 17.7 Å². The van der Waals surface area contributed by atoms with Gasteiger partial charge in [0, 0.05) is 12.2 Å². The molecule has 0 aliphatic rings. The minimum absolute atomic E-state index is 0.00702. The number of benzene rings is 1. The Kier molecular flexibility index (Phi) is 4.50. The molecule has 17 heavy (non-hydrogen) atoms. The average molecular weight is 258 g/mol. The Labute approximate surface area is 102 Å². The van der Waals surface area contributed by atoms with Gasteiger partial charge in [0.25, 0.3) is 0 Å². The van der Waals surface area contributed by atoms with Crippen molar-refractivity contribution in [2.75, 3.05) is 12.3 Å². The summed E-state index contributed by atoms with van der Waals surface area (Å²) >= 11 is 0. The molecule has 1 atom stereocenters. The van der Waals surface area contributed by atoms with Crippen LogP contribution in [-0.4, -0.2) is 26.2 Å². The van der Waals surface area contributed by atoms with Crippen molar-refractivity contribution in [1.29, 1.82) is 0 Å². The van der Waals surface area contributed by atoms with Crippen LogP contribution in [0.25, 0.3) is 0 Å². The monoisotopic (exact) mass is 258 g/mol. The van der Waals surface area contributed by atoms with Gasteiger partial charge in [0.1, 0.15) is 0 Å². The van der Waals surface area contributed by atoms with E-state index in [-0.39, 0.29) is 11.4 Å². The van der Waals surface area contributed by atoms with Crippen molar-refractivity contribution in [3.05, 3.63) is 23.8 Å². The molecule has 1 aromatic carbocycles. The van der Waals surface area contributed by atoms with E-state index in [2.05, 4.69) is 4.72 Å². The summed E-state index contributed by atoms with van der Waals surface area (Å²) < 4.78 is 26.3. The first-order valence-corrected chi connectivity index (χ1v) is 6.89. The lowest BCUT2D eigenvalue weighted by atomic mass is 10.2. The first-order valence-electron chi connectivity index (χ1n) is 5.41. The van der Waals surface area contributed by atoms with Gasteiger partial charge < -0.3 is 10.8 Å². The third kappa shape index (κ3) is 3.42. The fourth-order valence-corrected chi connectivity index (χ4v) is 2.70. The van der Waals surface area contributed by atoms with Crippen LogP contribution in [0.2, 0.25) is 0 Å². The second-order valence-electron chi connectivity index (χ2n) is 3.88. The summed E-state index contributed by atoms with van der Waals surface area (Å²) in [6, 6.07) is 4.73. The van der Waals surface area contributed by atoms with Crippen molar-refractivity contribution >= 4 is 15.7 Å². The Morgan fingerprint density at radius 2 is 2.12 bits per heavy atom. The highest BCUT2D eigenvalue weighted by Crippen LogP contribution is 2.20. The van der Waals surface area contributed by atoms with Crippen molar-refractivity contribution in [3.63, 3.8) is 0 Å². The maximum atomic E-state index is 11.9. The molecule has 6 heteroatoms. The fraction of sp³-hybridized carbons (Fsp3) is 0.455. The molecule has 0 aromatic heterocycles. The molecule has 1 rings (SSSR count). The molecule has 96 valence electrons. The van der Waals surface area contributed by atoms with Gasteiger partial charge in [0.05, 0.1) is 11.0 Å².